The number of amides is 1. The number of carbonyl (C=O) groups is 1. The van der Waals surface area contributed by atoms with Crippen molar-refractivity contribution >= 4 is 11.7 Å². The Kier molecular flexibility index (Phi) is 6.29. The summed E-state index contributed by atoms with van der Waals surface area (Å²) in [7, 11) is 0. The highest BCUT2D eigenvalue weighted by molar-refractivity contribution is 5.79. The zero-order valence-electron chi connectivity index (χ0n) is 18.8. The number of piperazine rings is 1. The Bertz CT molecular complexity index is 1230. The Morgan fingerprint density at radius 1 is 0.706 bits per heavy atom. The summed E-state index contributed by atoms with van der Waals surface area (Å²) in [6.45, 7) is 2.73. The Balaban J connectivity index is 1.15. The van der Waals surface area contributed by atoms with Crippen LogP contribution in [0.1, 0.15) is 5.56 Å². The summed E-state index contributed by atoms with van der Waals surface area (Å²) in [5.74, 6) is 0.657. The van der Waals surface area contributed by atoms with Crippen LogP contribution in [0, 0.1) is 5.82 Å². The number of nitrogens with zero attached hydrogens (tertiary/aromatic N) is 4. The van der Waals surface area contributed by atoms with E-state index in [4.69, 9.17) is 0 Å². The Hall–Kier alpha value is -4.06. The fourth-order valence-electron chi connectivity index (χ4n) is 4.19. The smallest absolute Gasteiger partial charge is 0.227 e. The first-order valence-corrected chi connectivity index (χ1v) is 11.4. The predicted octanol–water partition coefficient (Wildman–Crippen LogP) is 4.84. The van der Waals surface area contributed by atoms with E-state index in [-0.39, 0.29) is 11.7 Å². The molecule has 1 saturated heterocycles. The molecule has 34 heavy (non-hydrogen) atoms. The number of rotatable bonds is 5. The molecule has 0 radical (unpaired) electrons. The van der Waals surface area contributed by atoms with Gasteiger partial charge in [0.1, 0.15) is 5.82 Å². The van der Waals surface area contributed by atoms with Crippen molar-refractivity contribution < 1.29 is 9.18 Å². The van der Waals surface area contributed by atoms with Crippen molar-refractivity contribution in [1.82, 2.24) is 15.1 Å². The Morgan fingerprint density at radius 3 is 2.00 bits per heavy atom. The van der Waals surface area contributed by atoms with Gasteiger partial charge in [0, 0.05) is 31.7 Å². The summed E-state index contributed by atoms with van der Waals surface area (Å²) < 4.78 is 13.1. The van der Waals surface area contributed by atoms with Crippen LogP contribution >= 0.6 is 0 Å². The largest absolute Gasteiger partial charge is 0.352 e. The van der Waals surface area contributed by atoms with E-state index >= 15 is 0 Å². The highest BCUT2D eigenvalue weighted by Crippen LogP contribution is 2.21. The van der Waals surface area contributed by atoms with Gasteiger partial charge in [-0.25, -0.2) is 4.39 Å². The molecule has 0 unspecified atom stereocenters. The van der Waals surface area contributed by atoms with Gasteiger partial charge in [-0.15, -0.1) is 10.2 Å². The van der Waals surface area contributed by atoms with Crippen molar-refractivity contribution in [3.8, 4) is 22.4 Å². The maximum atomic E-state index is 13.1. The third kappa shape index (κ3) is 4.96. The average molecular weight is 453 g/mol. The normalized spacial score (nSPS) is 13.7. The van der Waals surface area contributed by atoms with Gasteiger partial charge in [0.05, 0.1) is 12.1 Å². The van der Waals surface area contributed by atoms with Crippen LogP contribution < -0.4 is 4.90 Å². The molecule has 0 saturated carbocycles. The molecule has 4 aromatic rings. The van der Waals surface area contributed by atoms with Crippen molar-refractivity contribution in [1.29, 1.82) is 0 Å². The molecule has 1 aliphatic rings. The van der Waals surface area contributed by atoms with Crippen LogP contribution in [0.3, 0.4) is 0 Å². The zero-order chi connectivity index (χ0) is 23.3. The average Bonchev–Trinajstić information content (AvgIpc) is 2.90. The molecule has 1 fully saturated rings. The standard InChI is InChI=1S/C28H25FN4O/c29-25-12-10-24(11-13-25)26-14-15-27(31-30-26)32-16-18-33(19-17-32)28(34)20-21-6-8-23(9-7-21)22-4-2-1-3-5-22/h1-15H,16-20H2. The van der Waals surface area contributed by atoms with Crippen molar-refractivity contribution in [3.05, 3.63) is 102 Å². The number of carbonyl (C=O) groups excluding carboxylic acids is 1. The summed E-state index contributed by atoms with van der Waals surface area (Å²) in [5.41, 5.74) is 4.88. The molecule has 0 spiro atoms. The van der Waals surface area contributed by atoms with Crippen molar-refractivity contribution in [3.63, 3.8) is 0 Å². The lowest BCUT2D eigenvalue weighted by atomic mass is 10.0. The quantitative estimate of drug-likeness (QED) is 0.435. The molecule has 5 rings (SSSR count). The van der Waals surface area contributed by atoms with Crippen LogP contribution in [0.2, 0.25) is 0 Å². The number of hydrogen-bond acceptors (Lipinski definition) is 4. The molecule has 5 nitrogen and oxygen atoms in total. The Morgan fingerprint density at radius 2 is 1.35 bits per heavy atom. The van der Waals surface area contributed by atoms with E-state index in [0.29, 0.717) is 38.3 Å². The maximum absolute atomic E-state index is 13.1. The van der Waals surface area contributed by atoms with Gasteiger partial charge in [-0.05, 0) is 53.1 Å². The number of hydrogen-bond donors (Lipinski definition) is 0. The molecular weight excluding hydrogens is 427 g/mol. The first-order chi connectivity index (χ1) is 16.7. The summed E-state index contributed by atoms with van der Waals surface area (Å²) in [6, 6.07) is 28.5. The third-order valence-electron chi connectivity index (χ3n) is 6.16. The van der Waals surface area contributed by atoms with Crippen LogP contribution in [-0.2, 0) is 11.2 Å². The minimum absolute atomic E-state index is 0.143. The molecule has 170 valence electrons. The lowest BCUT2D eigenvalue weighted by Gasteiger charge is -2.35. The lowest BCUT2D eigenvalue weighted by Crippen LogP contribution is -2.49. The molecule has 1 aromatic heterocycles. The van der Waals surface area contributed by atoms with E-state index < -0.39 is 0 Å². The maximum Gasteiger partial charge on any atom is 0.227 e. The molecule has 0 atom stereocenters. The summed E-state index contributed by atoms with van der Waals surface area (Å²) in [4.78, 5) is 16.9. The highest BCUT2D eigenvalue weighted by atomic mass is 19.1. The summed E-state index contributed by atoms with van der Waals surface area (Å²) >= 11 is 0. The van der Waals surface area contributed by atoms with Gasteiger partial charge in [0.2, 0.25) is 5.91 Å². The highest BCUT2D eigenvalue weighted by Gasteiger charge is 2.22. The minimum Gasteiger partial charge on any atom is -0.352 e. The molecule has 0 aliphatic carbocycles. The zero-order valence-corrected chi connectivity index (χ0v) is 18.8. The Labute approximate surface area is 198 Å². The minimum atomic E-state index is -0.273. The van der Waals surface area contributed by atoms with E-state index in [1.807, 2.05) is 47.4 Å². The number of halogens is 1. The second-order valence-electron chi connectivity index (χ2n) is 8.39. The van der Waals surface area contributed by atoms with E-state index in [0.717, 1.165) is 22.5 Å². The number of anilines is 1. The van der Waals surface area contributed by atoms with E-state index in [2.05, 4.69) is 39.4 Å². The summed E-state index contributed by atoms with van der Waals surface area (Å²) in [6.07, 6.45) is 0.404. The predicted molar refractivity (Wildman–Crippen MR) is 132 cm³/mol. The van der Waals surface area contributed by atoms with Crippen LogP contribution in [-0.4, -0.2) is 47.2 Å². The van der Waals surface area contributed by atoms with Crippen molar-refractivity contribution in [2.45, 2.75) is 6.42 Å². The molecule has 6 heteroatoms. The van der Waals surface area contributed by atoms with Gasteiger partial charge in [0.25, 0.3) is 0 Å². The van der Waals surface area contributed by atoms with Gasteiger partial charge in [-0.2, -0.15) is 0 Å². The third-order valence-corrected chi connectivity index (χ3v) is 6.16. The van der Waals surface area contributed by atoms with Gasteiger partial charge in [-0.1, -0.05) is 54.6 Å². The second-order valence-corrected chi connectivity index (χ2v) is 8.39. The fraction of sp³-hybridized carbons (Fsp3) is 0.179. The molecular formula is C28H25FN4O. The fourth-order valence-corrected chi connectivity index (χ4v) is 4.19. The topological polar surface area (TPSA) is 49.3 Å². The molecule has 1 amide bonds. The van der Waals surface area contributed by atoms with Crippen molar-refractivity contribution in [2.24, 2.45) is 0 Å². The van der Waals surface area contributed by atoms with E-state index in [1.54, 1.807) is 12.1 Å². The van der Waals surface area contributed by atoms with Crippen molar-refractivity contribution in [2.75, 3.05) is 31.1 Å². The van der Waals surface area contributed by atoms with Crippen LogP contribution in [0.4, 0.5) is 10.2 Å². The van der Waals surface area contributed by atoms with Crippen LogP contribution in [0.25, 0.3) is 22.4 Å². The monoisotopic (exact) mass is 452 g/mol. The van der Waals surface area contributed by atoms with Crippen LogP contribution in [0.15, 0.2) is 91.0 Å². The number of benzene rings is 3. The van der Waals surface area contributed by atoms with E-state index in [9.17, 15) is 9.18 Å². The first-order valence-electron chi connectivity index (χ1n) is 11.4. The van der Waals surface area contributed by atoms with Gasteiger partial charge in [0.15, 0.2) is 5.82 Å². The van der Waals surface area contributed by atoms with E-state index in [1.165, 1.54) is 17.7 Å². The lowest BCUT2D eigenvalue weighted by molar-refractivity contribution is -0.130. The second kappa shape index (κ2) is 9.83. The molecule has 3 aromatic carbocycles. The molecule has 2 heterocycles. The van der Waals surface area contributed by atoms with Gasteiger partial charge in [-0.3, -0.25) is 4.79 Å². The molecule has 1 aliphatic heterocycles. The first kappa shape index (κ1) is 21.8. The van der Waals surface area contributed by atoms with Gasteiger partial charge < -0.3 is 9.80 Å². The summed E-state index contributed by atoms with van der Waals surface area (Å²) in [5, 5.41) is 8.65. The SMILES string of the molecule is O=C(Cc1ccc(-c2ccccc2)cc1)N1CCN(c2ccc(-c3ccc(F)cc3)nn2)CC1. The van der Waals surface area contributed by atoms with Crippen LogP contribution in [0.5, 0.6) is 0 Å². The number of aromatic nitrogens is 2. The molecule has 0 bridgehead atoms. The van der Waals surface area contributed by atoms with Gasteiger partial charge >= 0.3 is 0 Å². The molecule has 0 N–H and O–H groups in total.